The minimum atomic E-state index is -0.504. The van der Waals surface area contributed by atoms with E-state index in [-0.39, 0.29) is 10.9 Å². The van der Waals surface area contributed by atoms with Crippen molar-refractivity contribution in [3.63, 3.8) is 0 Å². The number of rotatable bonds is 5. The van der Waals surface area contributed by atoms with Crippen molar-refractivity contribution in [2.45, 2.75) is 0 Å². The maximum absolute atomic E-state index is 10.9. The van der Waals surface area contributed by atoms with E-state index in [1.807, 2.05) is 0 Å². The van der Waals surface area contributed by atoms with Gasteiger partial charge in [-0.15, -0.1) is 0 Å². The monoisotopic (exact) mass is 387 g/mol. The molecule has 0 saturated carbocycles. The van der Waals surface area contributed by atoms with E-state index < -0.39 is 4.92 Å². The summed E-state index contributed by atoms with van der Waals surface area (Å²) in [7, 11) is 3.09. The SMILES string of the molecule is COc1cc2[nH]c3nc(N)nc(Nc4ncc([N+](=O)[O-])s4)c3c2cc1OC. The van der Waals surface area contributed by atoms with Gasteiger partial charge < -0.3 is 25.5 Å². The van der Waals surface area contributed by atoms with Crippen LogP contribution in [0.15, 0.2) is 18.3 Å². The molecule has 4 N–H and O–H groups in total. The van der Waals surface area contributed by atoms with Gasteiger partial charge in [0.15, 0.2) is 16.6 Å². The zero-order valence-electron chi connectivity index (χ0n) is 14.1. The Morgan fingerprint density at radius 3 is 2.67 bits per heavy atom. The van der Waals surface area contributed by atoms with Gasteiger partial charge in [0.2, 0.25) is 5.95 Å². The van der Waals surface area contributed by atoms with Crippen LogP contribution in [0.4, 0.5) is 21.9 Å². The Labute approximate surface area is 155 Å². The number of anilines is 3. The summed E-state index contributed by atoms with van der Waals surface area (Å²) in [6, 6.07) is 3.58. The second-order valence-corrected chi connectivity index (χ2v) is 6.43. The van der Waals surface area contributed by atoms with Gasteiger partial charge in [0, 0.05) is 11.5 Å². The number of aromatic nitrogens is 4. The van der Waals surface area contributed by atoms with Crippen LogP contribution in [0.1, 0.15) is 0 Å². The summed E-state index contributed by atoms with van der Waals surface area (Å²) < 4.78 is 10.7. The van der Waals surface area contributed by atoms with E-state index in [4.69, 9.17) is 15.2 Å². The summed E-state index contributed by atoms with van der Waals surface area (Å²) in [5.74, 6) is 1.52. The summed E-state index contributed by atoms with van der Waals surface area (Å²) in [4.78, 5) is 26.0. The zero-order chi connectivity index (χ0) is 19.1. The molecule has 3 aromatic heterocycles. The first kappa shape index (κ1) is 16.8. The number of benzene rings is 1. The number of methoxy groups -OCH3 is 2. The molecule has 4 rings (SSSR count). The second-order valence-electron chi connectivity index (χ2n) is 5.42. The summed E-state index contributed by atoms with van der Waals surface area (Å²) in [6.07, 6.45) is 1.18. The lowest BCUT2D eigenvalue weighted by Crippen LogP contribution is -2.00. The lowest BCUT2D eigenvalue weighted by molar-refractivity contribution is -0.380. The standard InChI is InChI=1S/C15H13N7O4S/c1-25-8-3-6-7(4-9(8)26-2)18-12-11(6)13(20-14(16)19-12)21-15-17-5-10(27-15)22(23)24/h3-5H,1-2H3,(H4,16,17,18,19,20,21). The maximum Gasteiger partial charge on any atom is 0.345 e. The van der Waals surface area contributed by atoms with Crippen molar-refractivity contribution in [3.8, 4) is 11.5 Å². The molecule has 0 spiro atoms. The Bertz CT molecular complexity index is 1190. The normalized spacial score (nSPS) is 11.0. The third kappa shape index (κ3) is 2.81. The topological polar surface area (TPSA) is 154 Å². The molecule has 1 aromatic carbocycles. The molecule has 0 aliphatic rings. The van der Waals surface area contributed by atoms with Crippen molar-refractivity contribution in [2.24, 2.45) is 0 Å². The van der Waals surface area contributed by atoms with Crippen LogP contribution < -0.4 is 20.5 Å². The molecule has 0 saturated heterocycles. The fraction of sp³-hybridized carbons (Fsp3) is 0.133. The number of nitro groups is 1. The first-order valence-corrected chi connectivity index (χ1v) is 8.40. The van der Waals surface area contributed by atoms with Crippen molar-refractivity contribution in [3.05, 3.63) is 28.4 Å². The number of hydrogen-bond acceptors (Lipinski definition) is 10. The molecule has 11 nitrogen and oxygen atoms in total. The fourth-order valence-corrected chi connectivity index (χ4v) is 3.37. The molecule has 0 aliphatic heterocycles. The first-order valence-electron chi connectivity index (χ1n) is 7.58. The number of fused-ring (bicyclic) bond motifs is 3. The largest absolute Gasteiger partial charge is 0.493 e. The summed E-state index contributed by atoms with van der Waals surface area (Å²) in [5, 5.41) is 15.5. The average molecular weight is 387 g/mol. The minimum absolute atomic E-state index is 0.0431. The van der Waals surface area contributed by atoms with E-state index in [1.54, 1.807) is 26.4 Å². The lowest BCUT2D eigenvalue weighted by Gasteiger charge is -2.08. The highest BCUT2D eigenvalue weighted by molar-refractivity contribution is 7.18. The molecule has 0 bridgehead atoms. The van der Waals surface area contributed by atoms with Gasteiger partial charge in [-0.2, -0.15) is 9.97 Å². The Balaban J connectivity index is 1.91. The van der Waals surface area contributed by atoms with E-state index in [1.165, 1.54) is 6.20 Å². The molecular formula is C15H13N7O4S. The predicted octanol–water partition coefficient (Wildman–Crippen LogP) is 2.82. The fourth-order valence-electron chi connectivity index (χ4n) is 2.74. The molecule has 138 valence electrons. The second kappa shape index (κ2) is 6.25. The number of nitrogens with one attached hydrogen (secondary N) is 2. The Morgan fingerprint density at radius 2 is 2.00 bits per heavy atom. The van der Waals surface area contributed by atoms with Gasteiger partial charge in [-0.25, -0.2) is 4.98 Å². The highest BCUT2D eigenvalue weighted by Gasteiger charge is 2.18. The molecule has 3 heterocycles. The molecule has 0 amide bonds. The van der Waals surface area contributed by atoms with E-state index in [2.05, 4.69) is 25.3 Å². The number of thiazole rings is 1. The third-order valence-electron chi connectivity index (χ3n) is 3.87. The van der Waals surface area contributed by atoms with Crippen LogP contribution in [-0.2, 0) is 0 Å². The van der Waals surface area contributed by atoms with Crippen molar-refractivity contribution < 1.29 is 14.4 Å². The zero-order valence-corrected chi connectivity index (χ0v) is 15.0. The van der Waals surface area contributed by atoms with Gasteiger partial charge >= 0.3 is 5.00 Å². The molecule has 0 unspecified atom stereocenters. The smallest absolute Gasteiger partial charge is 0.345 e. The number of hydrogen-bond donors (Lipinski definition) is 3. The minimum Gasteiger partial charge on any atom is -0.493 e. The number of ether oxygens (including phenoxy) is 2. The van der Waals surface area contributed by atoms with Crippen LogP contribution in [-0.4, -0.2) is 39.1 Å². The number of H-pyrrole nitrogens is 1. The lowest BCUT2D eigenvalue weighted by atomic mass is 10.2. The van der Waals surface area contributed by atoms with E-state index in [0.29, 0.717) is 33.5 Å². The average Bonchev–Trinajstić information content (AvgIpc) is 3.24. The van der Waals surface area contributed by atoms with E-state index >= 15 is 0 Å². The quantitative estimate of drug-likeness (QED) is 0.346. The number of nitrogens with zero attached hydrogens (tertiary/aromatic N) is 4. The van der Waals surface area contributed by atoms with Gasteiger partial charge in [-0.3, -0.25) is 10.1 Å². The Morgan fingerprint density at radius 1 is 1.26 bits per heavy atom. The van der Waals surface area contributed by atoms with E-state index in [9.17, 15) is 10.1 Å². The van der Waals surface area contributed by atoms with Crippen molar-refractivity contribution >= 4 is 55.2 Å². The van der Waals surface area contributed by atoms with Gasteiger partial charge in [-0.05, 0) is 17.4 Å². The molecule has 0 aliphatic carbocycles. The summed E-state index contributed by atoms with van der Waals surface area (Å²) in [5.41, 5.74) is 7.06. The van der Waals surface area contributed by atoms with Gasteiger partial charge in [-0.1, -0.05) is 0 Å². The van der Waals surface area contributed by atoms with Crippen LogP contribution in [0.25, 0.3) is 21.9 Å². The van der Waals surface area contributed by atoms with Gasteiger partial charge in [0.05, 0.1) is 30.0 Å². The molecule has 0 radical (unpaired) electrons. The van der Waals surface area contributed by atoms with Gasteiger partial charge in [0.1, 0.15) is 17.7 Å². The number of nitrogens with two attached hydrogens (primary N) is 1. The van der Waals surface area contributed by atoms with Crippen LogP contribution in [0.2, 0.25) is 0 Å². The Kier molecular flexibility index (Phi) is 3.88. The molecule has 27 heavy (non-hydrogen) atoms. The summed E-state index contributed by atoms with van der Waals surface area (Å²) >= 11 is 0.895. The molecule has 0 fully saturated rings. The molecule has 4 aromatic rings. The maximum atomic E-state index is 10.9. The third-order valence-corrected chi connectivity index (χ3v) is 4.74. The first-order chi connectivity index (χ1) is 13.0. The van der Waals surface area contributed by atoms with E-state index in [0.717, 1.165) is 22.2 Å². The number of aromatic amines is 1. The van der Waals surface area contributed by atoms with Crippen molar-refractivity contribution in [1.29, 1.82) is 0 Å². The summed E-state index contributed by atoms with van der Waals surface area (Å²) in [6.45, 7) is 0. The molecule has 0 atom stereocenters. The molecular weight excluding hydrogens is 374 g/mol. The van der Waals surface area contributed by atoms with Crippen molar-refractivity contribution in [1.82, 2.24) is 19.9 Å². The van der Waals surface area contributed by atoms with Crippen LogP contribution in [0, 0.1) is 10.1 Å². The highest BCUT2D eigenvalue weighted by atomic mass is 32.1. The Hall–Kier alpha value is -3.67. The van der Waals surface area contributed by atoms with Crippen LogP contribution in [0.5, 0.6) is 11.5 Å². The van der Waals surface area contributed by atoms with Gasteiger partial charge in [0.25, 0.3) is 0 Å². The van der Waals surface area contributed by atoms with Crippen LogP contribution in [0.3, 0.4) is 0 Å². The van der Waals surface area contributed by atoms with Crippen molar-refractivity contribution in [2.75, 3.05) is 25.3 Å². The number of nitrogen functional groups attached to an aromatic ring is 1. The molecule has 12 heteroatoms. The van der Waals surface area contributed by atoms with Crippen LogP contribution >= 0.6 is 11.3 Å². The highest BCUT2D eigenvalue weighted by Crippen LogP contribution is 2.39. The predicted molar refractivity (Wildman–Crippen MR) is 101 cm³/mol.